The number of hydrogen-bond acceptors (Lipinski definition) is 3. The first-order chi connectivity index (χ1) is 9.12. The zero-order valence-electron chi connectivity index (χ0n) is 11.5. The van der Waals surface area contributed by atoms with Crippen molar-refractivity contribution in [1.29, 1.82) is 0 Å². The molecule has 1 aromatic rings. The molecule has 1 amide bonds. The molecule has 2 N–H and O–H groups in total. The summed E-state index contributed by atoms with van der Waals surface area (Å²) in [5.74, 6) is -4.71. The van der Waals surface area contributed by atoms with E-state index in [1.54, 1.807) is 19.0 Å². The van der Waals surface area contributed by atoms with Crippen LogP contribution in [0.25, 0.3) is 0 Å². The molecule has 0 radical (unpaired) electrons. The molecule has 0 aliphatic rings. The monoisotopic (exact) mass is 290 g/mol. The number of carbonyl (C=O) groups is 1. The lowest BCUT2D eigenvalue weighted by atomic mass is 10.1. The molecule has 0 spiro atoms. The molecule has 7 heteroatoms. The van der Waals surface area contributed by atoms with E-state index in [0.29, 0.717) is 12.1 Å². The van der Waals surface area contributed by atoms with Gasteiger partial charge in [0.2, 0.25) is 0 Å². The number of aliphatic hydroxyl groups is 1. The van der Waals surface area contributed by atoms with Crippen molar-refractivity contribution < 1.29 is 23.1 Å². The fourth-order valence-corrected chi connectivity index (χ4v) is 1.86. The van der Waals surface area contributed by atoms with Crippen LogP contribution in [0.2, 0.25) is 0 Å². The van der Waals surface area contributed by atoms with E-state index in [0.717, 1.165) is 0 Å². The summed E-state index contributed by atoms with van der Waals surface area (Å²) in [6.07, 6.45) is 0. The molecule has 0 saturated heterocycles. The topological polar surface area (TPSA) is 52.6 Å². The minimum atomic E-state index is -1.28. The van der Waals surface area contributed by atoms with Gasteiger partial charge in [0.1, 0.15) is 23.0 Å². The summed E-state index contributed by atoms with van der Waals surface area (Å²) in [5.41, 5.74) is -2.13. The molecule has 0 bridgehead atoms. The highest BCUT2D eigenvalue weighted by molar-refractivity contribution is 5.94. The maximum absolute atomic E-state index is 13.4. The van der Waals surface area contributed by atoms with Crippen molar-refractivity contribution in [3.63, 3.8) is 0 Å². The first kappa shape index (κ1) is 16.5. The summed E-state index contributed by atoms with van der Waals surface area (Å²) in [7, 11) is 3.46. The lowest BCUT2D eigenvalue weighted by Gasteiger charge is -2.27. The molecule has 0 saturated carbocycles. The Morgan fingerprint density at radius 2 is 1.80 bits per heavy atom. The zero-order valence-corrected chi connectivity index (χ0v) is 11.5. The number of amides is 1. The molecular weight excluding hydrogens is 273 g/mol. The third-order valence-corrected chi connectivity index (χ3v) is 2.52. The second-order valence-electron chi connectivity index (χ2n) is 5.16. The first-order valence-corrected chi connectivity index (χ1v) is 5.92. The Labute approximate surface area is 115 Å². The van der Waals surface area contributed by atoms with Gasteiger partial charge in [-0.05, 0) is 21.0 Å². The molecule has 20 heavy (non-hydrogen) atoms. The van der Waals surface area contributed by atoms with Crippen molar-refractivity contribution in [2.24, 2.45) is 0 Å². The van der Waals surface area contributed by atoms with Gasteiger partial charge in [-0.2, -0.15) is 0 Å². The summed E-state index contributed by atoms with van der Waals surface area (Å²) >= 11 is 0. The van der Waals surface area contributed by atoms with Gasteiger partial charge in [-0.25, -0.2) is 13.2 Å². The quantitative estimate of drug-likeness (QED) is 0.855. The van der Waals surface area contributed by atoms with Gasteiger partial charge in [0.05, 0.1) is 5.60 Å². The normalized spacial score (nSPS) is 14.2. The number of nitrogens with one attached hydrogen (secondary N) is 1. The minimum Gasteiger partial charge on any atom is -0.387 e. The Hall–Kier alpha value is -1.60. The van der Waals surface area contributed by atoms with E-state index in [2.05, 4.69) is 5.32 Å². The Balaban J connectivity index is 2.78. The van der Waals surface area contributed by atoms with Crippen molar-refractivity contribution in [3.05, 3.63) is 35.1 Å². The predicted molar refractivity (Wildman–Crippen MR) is 67.8 cm³/mol. The molecule has 0 aliphatic heterocycles. The Bertz CT molecular complexity index is 481. The second kappa shape index (κ2) is 6.23. The SMILES string of the molecule is CN(C)CC(C)(O)CNC(=O)c1c(F)cc(F)cc1F. The standard InChI is InChI=1S/C13H17F3N2O2/c1-13(20,7-18(2)3)6-17-12(19)11-9(15)4-8(14)5-10(11)16/h4-5,20H,6-7H2,1-3H3,(H,17,19). The minimum absolute atomic E-state index is 0.194. The van der Waals surface area contributed by atoms with E-state index in [4.69, 9.17) is 0 Å². The fourth-order valence-electron chi connectivity index (χ4n) is 1.86. The van der Waals surface area contributed by atoms with Gasteiger partial charge in [0.25, 0.3) is 5.91 Å². The Morgan fingerprint density at radius 1 is 1.30 bits per heavy atom. The summed E-state index contributed by atoms with van der Waals surface area (Å²) in [5, 5.41) is 12.2. The van der Waals surface area contributed by atoms with Gasteiger partial charge in [-0.15, -0.1) is 0 Å². The highest BCUT2D eigenvalue weighted by Crippen LogP contribution is 2.15. The Kier molecular flexibility index (Phi) is 5.13. The molecule has 112 valence electrons. The van der Waals surface area contributed by atoms with Gasteiger partial charge in [-0.1, -0.05) is 0 Å². The molecule has 0 heterocycles. The zero-order chi connectivity index (χ0) is 15.5. The van der Waals surface area contributed by atoms with Crippen LogP contribution in [0.1, 0.15) is 17.3 Å². The highest BCUT2D eigenvalue weighted by Gasteiger charge is 2.25. The Morgan fingerprint density at radius 3 is 2.25 bits per heavy atom. The maximum Gasteiger partial charge on any atom is 0.257 e. The van der Waals surface area contributed by atoms with Crippen LogP contribution in [-0.4, -0.2) is 48.7 Å². The third-order valence-electron chi connectivity index (χ3n) is 2.52. The van der Waals surface area contributed by atoms with Crippen molar-refractivity contribution in [3.8, 4) is 0 Å². The van der Waals surface area contributed by atoms with Gasteiger partial charge in [-0.3, -0.25) is 4.79 Å². The van der Waals surface area contributed by atoms with E-state index >= 15 is 0 Å². The van der Waals surface area contributed by atoms with Crippen LogP contribution >= 0.6 is 0 Å². The second-order valence-corrected chi connectivity index (χ2v) is 5.16. The van der Waals surface area contributed by atoms with Gasteiger partial charge < -0.3 is 15.3 Å². The highest BCUT2D eigenvalue weighted by atomic mass is 19.1. The molecule has 0 aromatic heterocycles. The smallest absolute Gasteiger partial charge is 0.257 e. The van der Waals surface area contributed by atoms with E-state index in [-0.39, 0.29) is 13.1 Å². The van der Waals surface area contributed by atoms with Gasteiger partial charge in [0.15, 0.2) is 0 Å². The van der Waals surface area contributed by atoms with Gasteiger partial charge in [0, 0.05) is 25.2 Å². The van der Waals surface area contributed by atoms with Crippen LogP contribution in [0.5, 0.6) is 0 Å². The van der Waals surface area contributed by atoms with Crippen LogP contribution in [0.3, 0.4) is 0 Å². The van der Waals surface area contributed by atoms with Crippen molar-refractivity contribution in [2.45, 2.75) is 12.5 Å². The van der Waals surface area contributed by atoms with E-state index in [1.165, 1.54) is 6.92 Å². The number of hydrogen-bond donors (Lipinski definition) is 2. The molecule has 1 unspecified atom stereocenters. The van der Waals surface area contributed by atoms with Crippen LogP contribution in [0.4, 0.5) is 13.2 Å². The van der Waals surface area contributed by atoms with Crippen molar-refractivity contribution in [1.82, 2.24) is 10.2 Å². The average Bonchev–Trinajstić information content (AvgIpc) is 2.23. The number of benzene rings is 1. The third kappa shape index (κ3) is 4.50. The molecular formula is C13H17F3N2O2. The van der Waals surface area contributed by atoms with Crippen LogP contribution in [0.15, 0.2) is 12.1 Å². The molecule has 0 aliphatic carbocycles. The lowest BCUT2D eigenvalue weighted by Crippen LogP contribution is -2.47. The maximum atomic E-state index is 13.4. The lowest BCUT2D eigenvalue weighted by molar-refractivity contribution is 0.0324. The van der Waals surface area contributed by atoms with Crippen LogP contribution < -0.4 is 5.32 Å². The van der Waals surface area contributed by atoms with Crippen molar-refractivity contribution >= 4 is 5.91 Å². The molecule has 1 atom stereocenters. The number of nitrogens with zero attached hydrogens (tertiary/aromatic N) is 1. The number of likely N-dealkylation sites (N-methyl/N-ethyl adjacent to an activating group) is 1. The summed E-state index contributed by atoms with van der Waals surface area (Å²) in [6.45, 7) is 1.53. The van der Waals surface area contributed by atoms with E-state index in [1.807, 2.05) is 0 Å². The summed E-state index contributed by atoms with van der Waals surface area (Å²) < 4.78 is 39.5. The van der Waals surface area contributed by atoms with E-state index in [9.17, 15) is 23.1 Å². The molecule has 1 aromatic carbocycles. The van der Waals surface area contributed by atoms with Crippen LogP contribution in [0, 0.1) is 17.5 Å². The first-order valence-electron chi connectivity index (χ1n) is 5.92. The average molecular weight is 290 g/mol. The predicted octanol–water partition coefficient (Wildman–Crippen LogP) is 1.15. The molecule has 4 nitrogen and oxygen atoms in total. The number of carbonyl (C=O) groups excluding carboxylic acids is 1. The summed E-state index contributed by atoms with van der Waals surface area (Å²) in [6, 6.07) is 0.853. The number of halogens is 3. The fraction of sp³-hybridized carbons (Fsp3) is 0.462. The van der Waals surface area contributed by atoms with Crippen LogP contribution in [-0.2, 0) is 0 Å². The molecule has 1 rings (SSSR count). The largest absolute Gasteiger partial charge is 0.387 e. The molecule has 0 fully saturated rings. The number of rotatable bonds is 5. The van der Waals surface area contributed by atoms with Crippen molar-refractivity contribution in [2.75, 3.05) is 27.2 Å². The summed E-state index contributed by atoms with van der Waals surface area (Å²) in [4.78, 5) is 13.4. The van der Waals surface area contributed by atoms with E-state index < -0.39 is 34.5 Å². The van der Waals surface area contributed by atoms with Gasteiger partial charge >= 0.3 is 0 Å².